The first-order chi connectivity index (χ1) is 8.24. The zero-order valence-corrected chi connectivity index (χ0v) is 9.30. The summed E-state index contributed by atoms with van der Waals surface area (Å²) >= 11 is 0. The van der Waals surface area contributed by atoms with Gasteiger partial charge in [0.05, 0.1) is 12.7 Å². The Morgan fingerprint density at radius 3 is 2.94 bits per heavy atom. The quantitative estimate of drug-likeness (QED) is 0.603. The van der Waals surface area contributed by atoms with Crippen molar-refractivity contribution < 1.29 is 14.6 Å². The molecule has 1 aromatic carbocycles. The Morgan fingerprint density at radius 2 is 2.24 bits per heavy atom. The number of carboxylic acids is 1. The largest absolute Gasteiger partial charge is 0.493 e. The third-order valence-corrected chi connectivity index (χ3v) is 2.01. The molecule has 17 heavy (non-hydrogen) atoms. The van der Waals surface area contributed by atoms with E-state index < -0.39 is 5.97 Å². The molecular weight excluding hydrogens is 218 g/mol. The highest BCUT2D eigenvalue weighted by atomic mass is 16.5. The average molecular weight is 231 g/mol. The number of ether oxygens (including phenoxy) is 1. The topological polar surface area (TPSA) is 70.3 Å². The van der Waals surface area contributed by atoms with Crippen LogP contribution in [0.5, 0.6) is 5.75 Å². The van der Waals surface area contributed by atoms with Gasteiger partial charge in [0, 0.05) is 18.1 Å². The molecule has 0 atom stereocenters. The van der Waals surface area contributed by atoms with Crippen LogP contribution in [0.2, 0.25) is 0 Å². The number of nitriles is 1. The maximum Gasteiger partial charge on any atom is 0.328 e. The van der Waals surface area contributed by atoms with E-state index in [0.29, 0.717) is 30.8 Å². The van der Waals surface area contributed by atoms with Gasteiger partial charge in [-0.05, 0) is 18.6 Å². The fourth-order valence-electron chi connectivity index (χ4n) is 1.24. The molecule has 0 spiro atoms. The van der Waals surface area contributed by atoms with E-state index in [9.17, 15) is 4.79 Å². The predicted octanol–water partition coefficient (Wildman–Crippen LogP) is 2.47. The minimum atomic E-state index is -0.996. The molecule has 1 rings (SSSR count). The van der Waals surface area contributed by atoms with Crippen LogP contribution in [0.3, 0.4) is 0 Å². The number of nitrogens with zero attached hydrogens (tertiary/aromatic N) is 1. The first-order valence-electron chi connectivity index (χ1n) is 5.24. The second kappa shape index (κ2) is 7.07. The number of para-hydroxylation sites is 1. The van der Waals surface area contributed by atoms with E-state index in [1.807, 2.05) is 18.2 Å². The Kier molecular flexibility index (Phi) is 5.32. The minimum Gasteiger partial charge on any atom is -0.493 e. The van der Waals surface area contributed by atoms with Gasteiger partial charge < -0.3 is 9.84 Å². The lowest BCUT2D eigenvalue weighted by Crippen LogP contribution is -1.98. The van der Waals surface area contributed by atoms with E-state index in [-0.39, 0.29) is 0 Å². The number of carbonyl (C=O) groups is 1. The van der Waals surface area contributed by atoms with E-state index in [1.165, 1.54) is 6.08 Å². The monoisotopic (exact) mass is 231 g/mol. The SMILES string of the molecule is N#CCCCOc1ccccc1/C=C/C(=O)O. The molecule has 1 aromatic rings. The zero-order valence-electron chi connectivity index (χ0n) is 9.30. The Labute approximate surface area is 99.8 Å². The molecule has 88 valence electrons. The van der Waals surface area contributed by atoms with Crippen LogP contribution in [-0.4, -0.2) is 17.7 Å². The molecule has 0 aliphatic carbocycles. The number of unbranched alkanes of at least 4 members (excludes halogenated alkanes) is 1. The molecule has 0 saturated heterocycles. The summed E-state index contributed by atoms with van der Waals surface area (Å²) in [4.78, 5) is 10.4. The molecule has 1 N–H and O–H groups in total. The Bertz CT molecular complexity index is 446. The van der Waals surface area contributed by atoms with Crippen LogP contribution in [-0.2, 0) is 4.79 Å². The number of hydrogen-bond donors (Lipinski definition) is 1. The molecule has 0 radical (unpaired) electrons. The number of rotatable bonds is 6. The summed E-state index contributed by atoms with van der Waals surface area (Å²) < 4.78 is 5.48. The van der Waals surface area contributed by atoms with Gasteiger partial charge in [-0.3, -0.25) is 0 Å². The molecule has 0 bridgehead atoms. The van der Waals surface area contributed by atoms with Gasteiger partial charge in [0.25, 0.3) is 0 Å². The van der Waals surface area contributed by atoms with Crippen molar-refractivity contribution in [3.8, 4) is 11.8 Å². The highest BCUT2D eigenvalue weighted by Gasteiger charge is 2.00. The van der Waals surface area contributed by atoms with E-state index in [1.54, 1.807) is 12.1 Å². The molecule has 0 amide bonds. The summed E-state index contributed by atoms with van der Waals surface area (Å²) in [6.45, 7) is 0.450. The van der Waals surface area contributed by atoms with Crippen molar-refractivity contribution in [1.29, 1.82) is 5.26 Å². The first-order valence-corrected chi connectivity index (χ1v) is 5.24. The van der Waals surface area contributed by atoms with E-state index in [2.05, 4.69) is 0 Å². The fraction of sp³-hybridized carbons (Fsp3) is 0.231. The molecule has 0 aliphatic heterocycles. The molecule has 0 fully saturated rings. The first kappa shape index (κ1) is 12.8. The van der Waals surface area contributed by atoms with Gasteiger partial charge in [0.2, 0.25) is 0 Å². The summed E-state index contributed by atoms with van der Waals surface area (Å²) in [5, 5.41) is 16.9. The van der Waals surface area contributed by atoms with Gasteiger partial charge in [-0.15, -0.1) is 0 Å². The van der Waals surface area contributed by atoms with Gasteiger partial charge in [0.1, 0.15) is 5.75 Å². The Balaban J connectivity index is 2.65. The molecule has 0 saturated carbocycles. The van der Waals surface area contributed by atoms with Crippen molar-refractivity contribution in [1.82, 2.24) is 0 Å². The molecule has 0 heterocycles. The van der Waals surface area contributed by atoms with Crippen molar-refractivity contribution in [2.24, 2.45) is 0 Å². The summed E-state index contributed by atoms with van der Waals surface area (Å²) in [6, 6.07) is 9.21. The van der Waals surface area contributed by atoms with Crippen molar-refractivity contribution >= 4 is 12.0 Å². The van der Waals surface area contributed by atoms with Crippen LogP contribution in [0, 0.1) is 11.3 Å². The number of carboxylic acid groups (broad SMARTS) is 1. The van der Waals surface area contributed by atoms with Crippen LogP contribution in [0.15, 0.2) is 30.3 Å². The van der Waals surface area contributed by atoms with E-state index in [0.717, 1.165) is 6.08 Å². The molecular formula is C13H13NO3. The molecule has 0 aromatic heterocycles. The molecule has 4 heteroatoms. The number of benzene rings is 1. The summed E-state index contributed by atoms with van der Waals surface area (Å²) in [7, 11) is 0. The van der Waals surface area contributed by atoms with Gasteiger partial charge in [0.15, 0.2) is 0 Å². The summed E-state index contributed by atoms with van der Waals surface area (Å²) in [5.41, 5.74) is 0.715. The molecule has 0 unspecified atom stereocenters. The number of hydrogen-bond acceptors (Lipinski definition) is 3. The summed E-state index contributed by atoms with van der Waals surface area (Å²) in [5.74, 6) is -0.368. The van der Waals surface area contributed by atoms with Gasteiger partial charge in [-0.1, -0.05) is 18.2 Å². The second-order valence-corrected chi connectivity index (χ2v) is 3.32. The average Bonchev–Trinajstić information content (AvgIpc) is 2.33. The van der Waals surface area contributed by atoms with Crippen molar-refractivity contribution in [2.45, 2.75) is 12.8 Å². The Morgan fingerprint density at radius 1 is 1.47 bits per heavy atom. The minimum absolute atomic E-state index is 0.450. The van der Waals surface area contributed by atoms with Gasteiger partial charge >= 0.3 is 5.97 Å². The predicted molar refractivity (Wildman–Crippen MR) is 63.5 cm³/mol. The lowest BCUT2D eigenvalue weighted by molar-refractivity contribution is -0.131. The number of aliphatic carboxylic acids is 1. The summed E-state index contributed by atoms with van der Waals surface area (Å²) in [6.07, 6.45) is 3.67. The molecule has 4 nitrogen and oxygen atoms in total. The van der Waals surface area contributed by atoms with Crippen LogP contribution in [0.4, 0.5) is 0 Å². The van der Waals surface area contributed by atoms with Gasteiger partial charge in [-0.25, -0.2) is 4.79 Å². The van der Waals surface area contributed by atoms with E-state index >= 15 is 0 Å². The highest BCUT2D eigenvalue weighted by Crippen LogP contribution is 2.19. The van der Waals surface area contributed by atoms with E-state index in [4.69, 9.17) is 15.1 Å². The lowest BCUT2D eigenvalue weighted by atomic mass is 10.2. The van der Waals surface area contributed by atoms with Crippen molar-refractivity contribution in [2.75, 3.05) is 6.61 Å². The maximum absolute atomic E-state index is 10.4. The van der Waals surface area contributed by atoms with Crippen LogP contribution >= 0.6 is 0 Å². The van der Waals surface area contributed by atoms with Gasteiger partial charge in [-0.2, -0.15) is 5.26 Å². The standard InChI is InChI=1S/C13H13NO3/c14-9-3-4-10-17-12-6-2-1-5-11(12)7-8-13(15)16/h1-2,5-8H,3-4,10H2,(H,15,16)/b8-7+. The lowest BCUT2D eigenvalue weighted by Gasteiger charge is -2.07. The highest BCUT2D eigenvalue weighted by molar-refractivity contribution is 5.85. The Hall–Kier alpha value is -2.28. The van der Waals surface area contributed by atoms with Crippen molar-refractivity contribution in [3.05, 3.63) is 35.9 Å². The third-order valence-electron chi connectivity index (χ3n) is 2.01. The zero-order chi connectivity index (χ0) is 12.5. The van der Waals surface area contributed by atoms with Crippen LogP contribution < -0.4 is 4.74 Å². The van der Waals surface area contributed by atoms with Crippen LogP contribution in [0.25, 0.3) is 6.08 Å². The maximum atomic E-state index is 10.4. The smallest absolute Gasteiger partial charge is 0.328 e. The molecule has 0 aliphatic rings. The van der Waals surface area contributed by atoms with Crippen molar-refractivity contribution in [3.63, 3.8) is 0 Å². The fourth-order valence-corrected chi connectivity index (χ4v) is 1.24. The normalized spacial score (nSPS) is 10.1. The van der Waals surface area contributed by atoms with Crippen LogP contribution in [0.1, 0.15) is 18.4 Å². The third kappa shape index (κ3) is 4.85. The second-order valence-electron chi connectivity index (χ2n) is 3.32.